The lowest BCUT2D eigenvalue weighted by Crippen LogP contribution is -2.40. The summed E-state index contributed by atoms with van der Waals surface area (Å²) in [6, 6.07) is 0. The van der Waals surface area contributed by atoms with E-state index in [2.05, 4.69) is 25.8 Å². The molecule has 1 aromatic rings. The van der Waals surface area contributed by atoms with Crippen LogP contribution in [-0.2, 0) is 14.1 Å². The molecule has 0 aromatic carbocycles. The van der Waals surface area contributed by atoms with Gasteiger partial charge in [0.05, 0.1) is 6.10 Å². The van der Waals surface area contributed by atoms with Crippen molar-refractivity contribution < 1.29 is 10.2 Å². The van der Waals surface area contributed by atoms with Crippen molar-refractivity contribution in [2.75, 3.05) is 6.54 Å². The molecule has 2 unspecified atom stereocenters. The number of aromatic nitrogens is 2. The van der Waals surface area contributed by atoms with E-state index in [0.717, 1.165) is 12.8 Å². The standard InChI is InChI=1S/C17H27N3O3S/c1-16(2)6-11(21)7-17(3,9-16)10-18-8-12-13(22)19(4)15(24)20(5)14(12)23/h8,11,21-22H,6-7,9-10H2,1-5H3. The van der Waals surface area contributed by atoms with E-state index in [-0.39, 0.29) is 38.7 Å². The number of aliphatic hydroxyl groups excluding tert-OH is 1. The van der Waals surface area contributed by atoms with Crippen LogP contribution < -0.4 is 5.56 Å². The molecule has 2 N–H and O–H groups in total. The molecule has 134 valence electrons. The Labute approximate surface area is 147 Å². The van der Waals surface area contributed by atoms with Crippen molar-refractivity contribution in [2.24, 2.45) is 29.9 Å². The van der Waals surface area contributed by atoms with Crippen molar-refractivity contribution in [3.8, 4) is 5.88 Å². The molecule has 2 atom stereocenters. The Balaban J connectivity index is 2.27. The molecule has 0 saturated heterocycles. The molecular weight excluding hydrogens is 326 g/mol. The molecule has 1 aromatic heterocycles. The normalized spacial score (nSPS) is 26.8. The first-order chi connectivity index (χ1) is 11.0. The second-order valence-corrected chi connectivity index (χ2v) is 8.49. The molecule has 1 heterocycles. The Morgan fingerprint density at radius 2 is 1.92 bits per heavy atom. The predicted octanol–water partition coefficient (Wildman–Crippen LogP) is 2.16. The maximum Gasteiger partial charge on any atom is 0.266 e. The summed E-state index contributed by atoms with van der Waals surface area (Å²) in [5, 5.41) is 20.3. The van der Waals surface area contributed by atoms with Gasteiger partial charge in [-0.25, -0.2) is 0 Å². The Morgan fingerprint density at radius 1 is 1.29 bits per heavy atom. The quantitative estimate of drug-likeness (QED) is 0.645. The molecule has 1 aliphatic rings. The zero-order valence-electron chi connectivity index (χ0n) is 15.0. The van der Waals surface area contributed by atoms with Crippen LogP contribution in [-0.4, -0.2) is 38.2 Å². The van der Waals surface area contributed by atoms with Crippen LogP contribution in [0.4, 0.5) is 0 Å². The second kappa shape index (κ2) is 6.44. The van der Waals surface area contributed by atoms with E-state index in [1.807, 2.05) is 0 Å². The van der Waals surface area contributed by atoms with Crippen molar-refractivity contribution in [1.29, 1.82) is 0 Å². The zero-order valence-corrected chi connectivity index (χ0v) is 15.9. The first kappa shape index (κ1) is 18.9. The van der Waals surface area contributed by atoms with Crippen molar-refractivity contribution in [2.45, 2.75) is 46.1 Å². The minimum atomic E-state index is -0.367. The topological polar surface area (TPSA) is 79.8 Å². The van der Waals surface area contributed by atoms with Gasteiger partial charge in [-0.15, -0.1) is 0 Å². The smallest absolute Gasteiger partial charge is 0.266 e. The summed E-state index contributed by atoms with van der Waals surface area (Å²) in [5.74, 6) is -0.180. The van der Waals surface area contributed by atoms with E-state index in [4.69, 9.17) is 12.2 Å². The number of aliphatic hydroxyl groups is 1. The third-order valence-corrected chi connectivity index (χ3v) is 5.33. The summed E-state index contributed by atoms with van der Waals surface area (Å²) < 4.78 is 2.94. The van der Waals surface area contributed by atoms with Crippen LogP contribution in [0.2, 0.25) is 0 Å². The molecule has 7 heteroatoms. The van der Waals surface area contributed by atoms with Crippen LogP contribution in [0.15, 0.2) is 9.79 Å². The SMILES string of the molecule is Cn1c(O)c(C=NCC2(C)CC(O)CC(C)(C)C2)c(=O)n(C)c1=S. The number of aromatic hydroxyl groups is 1. The largest absolute Gasteiger partial charge is 0.494 e. The molecule has 0 aliphatic heterocycles. The van der Waals surface area contributed by atoms with Gasteiger partial charge in [0.2, 0.25) is 5.88 Å². The van der Waals surface area contributed by atoms with Crippen LogP contribution in [0.25, 0.3) is 0 Å². The van der Waals surface area contributed by atoms with E-state index in [1.54, 1.807) is 14.1 Å². The second-order valence-electron chi connectivity index (χ2n) is 8.13. The van der Waals surface area contributed by atoms with Crippen molar-refractivity contribution in [3.05, 3.63) is 20.7 Å². The molecule has 2 rings (SSSR count). The van der Waals surface area contributed by atoms with E-state index >= 15 is 0 Å². The zero-order chi connectivity index (χ0) is 18.3. The lowest BCUT2D eigenvalue weighted by atomic mass is 9.63. The number of hydrogen-bond donors (Lipinski definition) is 2. The van der Waals surface area contributed by atoms with Crippen molar-refractivity contribution in [3.63, 3.8) is 0 Å². The van der Waals surface area contributed by atoms with Gasteiger partial charge in [-0.2, -0.15) is 0 Å². The number of nitrogens with zero attached hydrogens (tertiary/aromatic N) is 3. The first-order valence-electron chi connectivity index (χ1n) is 8.13. The van der Waals surface area contributed by atoms with Gasteiger partial charge in [0, 0.05) is 26.9 Å². The summed E-state index contributed by atoms with van der Waals surface area (Å²) in [6.07, 6.45) is 3.54. The van der Waals surface area contributed by atoms with Gasteiger partial charge in [0.25, 0.3) is 5.56 Å². The number of aliphatic imine (C=N–C) groups is 1. The average molecular weight is 353 g/mol. The third-order valence-electron chi connectivity index (χ3n) is 4.78. The minimum absolute atomic E-state index is 0.0661. The van der Waals surface area contributed by atoms with Crippen molar-refractivity contribution in [1.82, 2.24) is 9.13 Å². The Morgan fingerprint density at radius 3 is 2.50 bits per heavy atom. The van der Waals surface area contributed by atoms with Gasteiger partial charge in [-0.05, 0) is 42.3 Å². The van der Waals surface area contributed by atoms with E-state index < -0.39 is 0 Å². The van der Waals surface area contributed by atoms with Crippen LogP contribution in [0.1, 0.15) is 45.6 Å². The molecule has 24 heavy (non-hydrogen) atoms. The van der Waals surface area contributed by atoms with Gasteiger partial charge in [-0.3, -0.25) is 18.9 Å². The van der Waals surface area contributed by atoms with Crippen LogP contribution >= 0.6 is 12.2 Å². The summed E-state index contributed by atoms with van der Waals surface area (Å²) in [7, 11) is 3.18. The van der Waals surface area contributed by atoms with Crippen LogP contribution in [0.3, 0.4) is 0 Å². The van der Waals surface area contributed by atoms with Crippen LogP contribution in [0.5, 0.6) is 5.88 Å². The molecule has 6 nitrogen and oxygen atoms in total. The highest BCUT2D eigenvalue weighted by Crippen LogP contribution is 2.46. The van der Waals surface area contributed by atoms with Gasteiger partial charge in [0.15, 0.2) is 4.77 Å². The Hall–Kier alpha value is -1.47. The fourth-order valence-electron chi connectivity index (χ4n) is 4.03. The highest BCUT2D eigenvalue weighted by Gasteiger charge is 2.40. The summed E-state index contributed by atoms with van der Waals surface area (Å²) in [6.45, 7) is 6.91. The molecule has 0 radical (unpaired) electrons. The Kier molecular flexibility index (Phi) is 5.06. The lowest BCUT2D eigenvalue weighted by molar-refractivity contribution is -0.00472. The monoisotopic (exact) mass is 353 g/mol. The fourth-order valence-corrected chi connectivity index (χ4v) is 4.20. The first-order valence-corrected chi connectivity index (χ1v) is 8.53. The maximum absolute atomic E-state index is 12.3. The molecule has 0 bridgehead atoms. The summed E-state index contributed by atoms with van der Waals surface area (Å²) in [4.78, 5) is 16.7. The third kappa shape index (κ3) is 3.78. The van der Waals surface area contributed by atoms with Crippen LogP contribution in [0, 0.1) is 15.6 Å². The lowest BCUT2D eigenvalue weighted by Gasteiger charge is -2.44. The van der Waals surface area contributed by atoms with Gasteiger partial charge < -0.3 is 10.2 Å². The highest BCUT2D eigenvalue weighted by molar-refractivity contribution is 7.71. The fraction of sp³-hybridized carbons (Fsp3) is 0.706. The van der Waals surface area contributed by atoms with Gasteiger partial charge in [0.1, 0.15) is 5.56 Å². The van der Waals surface area contributed by atoms with E-state index in [0.29, 0.717) is 13.0 Å². The molecule has 1 aliphatic carbocycles. The minimum Gasteiger partial charge on any atom is -0.494 e. The van der Waals surface area contributed by atoms with Gasteiger partial charge >= 0.3 is 0 Å². The molecular formula is C17H27N3O3S. The molecule has 1 saturated carbocycles. The van der Waals surface area contributed by atoms with E-state index in [9.17, 15) is 15.0 Å². The molecule has 0 spiro atoms. The van der Waals surface area contributed by atoms with E-state index in [1.165, 1.54) is 15.3 Å². The molecule has 1 fully saturated rings. The number of rotatable bonds is 3. The summed E-state index contributed by atoms with van der Waals surface area (Å²) >= 11 is 5.09. The Bertz CT molecular complexity index is 779. The van der Waals surface area contributed by atoms with Crippen molar-refractivity contribution >= 4 is 18.4 Å². The average Bonchev–Trinajstić information content (AvgIpc) is 2.44. The summed E-state index contributed by atoms with van der Waals surface area (Å²) in [5.41, 5.74) is -0.295. The maximum atomic E-state index is 12.3. The molecule has 0 amide bonds. The number of hydrogen-bond acceptors (Lipinski definition) is 5. The predicted molar refractivity (Wildman–Crippen MR) is 97.4 cm³/mol. The van der Waals surface area contributed by atoms with Gasteiger partial charge in [-0.1, -0.05) is 20.8 Å². The highest BCUT2D eigenvalue weighted by atomic mass is 32.1.